The van der Waals surface area contributed by atoms with Crippen molar-refractivity contribution in [3.05, 3.63) is 51.1 Å². The fraction of sp³-hybridized carbons (Fsp3) is 0. The second-order valence-corrected chi connectivity index (χ2v) is 6.76. The van der Waals surface area contributed by atoms with Crippen LogP contribution in [0.5, 0.6) is 5.75 Å². The lowest BCUT2D eigenvalue weighted by Crippen LogP contribution is -1.90. The van der Waals surface area contributed by atoms with Gasteiger partial charge in [0.1, 0.15) is 5.75 Å². The second-order valence-electron chi connectivity index (χ2n) is 4.10. The molecule has 7 heteroatoms. The summed E-state index contributed by atoms with van der Waals surface area (Å²) in [6.07, 6.45) is 1.68. The van der Waals surface area contributed by atoms with E-state index in [2.05, 4.69) is 31.4 Å². The lowest BCUT2D eigenvalue weighted by molar-refractivity contribution is 0.472. The van der Waals surface area contributed by atoms with E-state index in [0.717, 1.165) is 21.3 Å². The minimum atomic E-state index is 0.209. The van der Waals surface area contributed by atoms with Gasteiger partial charge in [-0.25, -0.2) is 4.98 Å². The summed E-state index contributed by atoms with van der Waals surface area (Å²) < 4.78 is 0.640. The van der Waals surface area contributed by atoms with Crippen molar-refractivity contribution in [2.75, 3.05) is 5.43 Å². The maximum atomic E-state index is 9.43. The zero-order valence-electron chi connectivity index (χ0n) is 10.7. The number of nitrogens with zero attached hydrogens (tertiary/aromatic N) is 2. The molecule has 0 saturated carbocycles. The number of hydrogen-bond acceptors (Lipinski definition) is 6. The molecule has 0 radical (unpaired) electrons. The number of nitrogens with one attached hydrogen (secondary N) is 1. The number of halogens is 1. The number of anilines is 1. The highest BCUT2D eigenvalue weighted by molar-refractivity contribution is 9.10. The Morgan fingerprint density at radius 1 is 1.29 bits per heavy atom. The molecule has 2 heterocycles. The summed E-state index contributed by atoms with van der Waals surface area (Å²) in [4.78, 5) is 5.61. The van der Waals surface area contributed by atoms with Crippen molar-refractivity contribution in [2.24, 2.45) is 5.10 Å². The fourth-order valence-corrected chi connectivity index (χ4v) is 3.44. The third kappa shape index (κ3) is 3.49. The van der Waals surface area contributed by atoms with Gasteiger partial charge in [0.15, 0.2) is 0 Å². The lowest BCUT2D eigenvalue weighted by Gasteiger charge is -1.98. The Balaban J connectivity index is 1.67. The molecule has 3 rings (SSSR count). The molecular formula is C14H10BrN3OS2. The van der Waals surface area contributed by atoms with Crippen LogP contribution in [0.25, 0.3) is 10.6 Å². The summed E-state index contributed by atoms with van der Waals surface area (Å²) >= 11 is 6.44. The van der Waals surface area contributed by atoms with Gasteiger partial charge in [0.05, 0.1) is 21.3 Å². The van der Waals surface area contributed by atoms with Crippen molar-refractivity contribution < 1.29 is 5.11 Å². The van der Waals surface area contributed by atoms with Gasteiger partial charge in [-0.15, -0.1) is 22.7 Å². The first-order chi connectivity index (χ1) is 10.2. The number of thiazole rings is 1. The molecule has 21 heavy (non-hydrogen) atoms. The van der Waals surface area contributed by atoms with E-state index in [4.69, 9.17) is 0 Å². The van der Waals surface area contributed by atoms with Crippen LogP contribution in [0.15, 0.2) is 50.7 Å². The molecule has 0 amide bonds. The largest absolute Gasteiger partial charge is 0.507 e. The van der Waals surface area contributed by atoms with Gasteiger partial charge >= 0.3 is 0 Å². The van der Waals surface area contributed by atoms with Crippen LogP contribution in [-0.2, 0) is 0 Å². The Kier molecular flexibility index (Phi) is 4.33. The molecule has 0 fully saturated rings. The molecule has 2 aromatic heterocycles. The first-order valence-corrected chi connectivity index (χ1v) is 8.54. The first kappa shape index (κ1) is 14.2. The van der Waals surface area contributed by atoms with Gasteiger partial charge in [0.2, 0.25) is 5.13 Å². The number of aromatic nitrogens is 1. The molecular weight excluding hydrogens is 370 g/mol. The number of hydrazone groups is 1. The van der Waals surface area contributed by atoms with Gasteiger partial charge in [0.25, 0.3) is 0 Å². The quantitative estimate of drug-likeness (QED) is 0.506. The molecule has 106 valence electrons. The molecule has 0 aliphatic rings. The van der Waals surface area contributed by atoms with Crippen molar-refractivity contribution in [2.45, 2.75) is 0 Å². The minimum Gasteiger partial charge on any atom is -0.507 e. The second kappa shape index (κ2) is 6.38. The van der Waals surface area contributed by atoms with Crippen LogP contribution in [0.3, 0.4) is 0 Å². The molecule has 0 atom stereocenters. The number of rotatable bonds is 4. The number of phenols is 1. The summed E-state index contributed by atoms with van der Waals surface area (Å²) in [5.74, 6) is 0.209. The maximum Gasteiger partial charge on any atom is 0.203 e. The number of thiophene rings is 1. The Morgan fingerprint density at radius 3 is 2.95 bits per heavy atom. The standard InChI is InChI=1S/C14H10BrN3OS2/c15-10-6-9(3-4-12(10)19)7-16-18-14-17-11(8-21-14)13-2-1-5-20-13/h1-8,19H,(H,17,18)/b16-7-. The number of phenolic OH excluding ortho intramolecular Hbond substituents is 1. The van der Waals surface area contributed by atoms with Crippen molar-refractivity contribution in [3.8, 4) is 16.3 Å². The summed E-state index contributed by atoms with van der Waals surface area (Å²) in [6, 6.07) is 9.24. The van der Waals surface area contributed by atoms with E-state index in [1.165, 1.54) is 11.3 Å². The highest BCUT2D eigenvalue weighted by Crippen LogP contribution is 2.28. The summed E-state index contributed by atoms with van der Waals surface area (Å²) in [5.41, 5.74) is 4.75. The zero-order chi connectivity index (χ0) is 14.7. The molecule has 0 aliphatic heterocycles. The summed E-state index contributed by atoms with van der Waals surface area (Å²) in [5, 5.41) is 18.4. The summed E-state index contributed by atoms with van der Waals surface area (Å²) in [7, 11) is 0. The normalized spacial score (nSPS) is 11.1. The highest BCUT2D eigenvalue weighted by atomic mass is 79.9. The molecule has 0 spiro atoms. The molecule has 0 unspecified atom stereocenters. The van der Waals surface area contributed by atoms with Crippen molar-refractivity contribution >= 4 is 49.9 Å². The van der Waals surface area contributed by atoms with Gasteiger partial charge in [-0.2, -0.15) is 5.10 Å². The average molecular weight is 380 g/mol. The van der Waals surface area contributed by atoms with Crippen LogP contribution in [0, 0.1) is 0 Å². The molecule has 1 aromatic carbocycles. The van der Waals surface area contributed by atoms with E-state index in [1.807, 2.05) is 22.9 Å². The van der Waals surface area contributed by atoms with Crippen LogP contribution < -0.4 is 5.43 Å². The number of benzene rings is 1. The van der Waals surface area contributed by atoms with Gasteiger partial charge in [0, 0.05) is 5.38 Å². The summed E-state index contributed by atoms with van der Waals surface area (Å²) in [6.45, 7) is 0. The molecule has 0 bridgehead atoms. The van der Waals surface area contributed by atoms with Crippen LogP contribution in [0.4, 0.5) is 5.13 Å². The van der Waals surface area contributed by atoms with Gasteiger partial charge in [-0.1, -0.05) is 6.07 Å². The van der Waals surface area contributed by atoms with Crippen LogP contribution in [0.2, 0.25) is 0 Å². The Morgan fingerprint density at radius 2 is 2.19 bits per heavy atom. The molecule has 0 saturated heterocycles. The van der Waals surface area contributed by atoms with E-state index in [0.29, 0.717) is 4.47 Å². The zero-order valence-corrected chi connectivity index (χ0v) is 13.9. The Bertz CT molecular complexity index is 768. The topological polar surface area (TPSA) is 57.5 Å². The van der Waals surface area contributed by atoms with Crippen LogP contribution in [-0.4, -0.2) is 16.3 Å². The Labute approximate surface area is 137 Å². The van der Waals surface area contributed by atoms with E-state index in [1.54, 1.807) is 35.8 Å². The van der Waals surface area contributed by atoms with E-state index in [-0.39, 0.29) is 5.75 Å². The monoisotopic (exact) mass is 379 g/mol. The smallest absolute Gasteiger partial charge is 0.203 e. The Hall–Kier alpha value is -1.70. The van der Waals surface area contributed by atoms with Crippen molar-refractivity contribution in [3.63, 3.8) is 0 Å². The van der Waals surface area contributed by atoms with Crippen LogP contribution in [0.1, 0.15) is 5.56 Å². The molecule has 2 N–H and O–H groups in total. The third-order valence-electron chi connectivity index (χ3n) is 2.62. The van der Waals surface area contributed by atoms with Crippen molar-refractivity contribution in [1.82, 2.24) is 4.98 Å². The first-order valence-electron chi connectivity index (χ1n) is 5.99. The van der Waals surface area contributed by atoms with Crippen LogP contribution >= 0.6 is 38.6 Å². The fourth-order valence-electron chi connectivity index (χ4n) is 1.63. The molecule has 3 aromatic rings. The SMILES string of the molecule is Oc1ccc(/C=N\Nc2nc(-c3cccs3)cs2)cc1Br. The van der Waals surface area contributed by atoms with E-state index < -0.39 is 0 Å². The van der Waals surface area contributed by atoms with E-state index >= 15 is 0 Å². The number of aromatic hydroxyl groups is 1. The highest BCUT2D eigenvalue weighted by Gasteiger charge is 2.04. The van der Waals surface area contributed by atoms with Gasteiger partial charge in [-0.3, -0.25) is 5.43 Å². The number of hydrogen-bond donors (Lipinski definition) is 2. The van der Waals surface area contributed by atoms with Gasteiger partial charge in [-0.05, 0) is 51.1 Å². The van der Waals surface area contributed by atoms with E-state index in [9.17, 15) is 5.11 Å². The lowest BCUT2D eigenvalue weighted by atomic mass is 10.2. The third-order valence-corrected chi connectivity index (χ3v) is 4.90. The molecule has 4 nitrogen and oxygen atoms in total. The predicted molar refractivity (Wildman–Crippen MR) is 92.5 cm³/mol. The molecule has 0 aliphatic carbocycles. The van der Waals surface area contributed by atoms with Crippen molar-refractivity contribution in [1.29, 1.82) is 0 Å². The predicted octanol–water partition coefficient (Wildman–Crippen LogP) is 4.79. The van der Waals surface area contributed by atoms with Gasteiger partial charge < -0.3 is 5.11 Å². The average Bonchev–Trinajstić information content (AvgIpc) is 3.13. The maximum absolute atomic E-state index is 9.43. The minimum absolute atomic E-state index is 0.209.